The Morgan fingerprint density at radius 2 is 1.69 bits per heavy atom. The normalized spacial score (nSPS) is 15.8. The average Bonchev–Trinajstić information content (AvgIpc) is 2.95. The highest BCUT2D eigenvalue weighted by Gasteiger charge is 2.37. The Morgan fingerprint density at radius 3 is 2.50 bits per heavy atom. The molecule has 0 unspecified atom stereocenters. The van der Waals surface area contributed by atoms with Crippen LogP contribution in [0, 0.1) is 0 Å². The minimum absolute atomic E-state index is 0.124. The molecule has 1 aliphatic rings. The number of anilines is 2. The molecule has 3 nitrogen and oxygen atoms in total. The first-order chi connectivity index (χ1) is 12.8. The van der Waals surface area contributed by atoms with Crippen molar-refractivity contribution in [3.8, 4) is 5.75 Å². The standard InChI is InChI=1S/C23H21NO2/c1-2-26-19-12-8-9-17(15-19)16-21-20-13-6-7-14-22(20)24(23(21)25)18-10-4-3-5-11-18/h3-15,21H,2,16H2,1H3/t21-/m0/s1. The first kappa shape index (κ1) is 16.4. The van der Waals surface area contributed by atoms with Crippen LogP contribution in [0.4, 0.5) is 11.4 Å². The molecule has 1 heterocycles. The molecule has 26 heavy (non-hydrogen) atoms. The monoisotopic (exact) mass is 343 g/mol. The van der Waals surface area contributed by atoms with Crippen molar-refractivity contribution in [2.75, 3.05) is 11.5 Å². The molecule has 0 saturated heterocycles. The number of hydrogen-bond acceptors (Lipinski definition) is 2. The lowest BCUT2D eigenvalue weighted by Crippen LogP contribution is -2.24. The van der Waals surface area contributed by atoms with Crippen LogP contribution < -0.4 is 9.64 Å². The lowest BCUT2D eigenvalue weighted by molar-refractivity contribution is -0.118. The van der Waals surface area contributed by atoms with Crippen LogP contribution >= 0.6 is 0 Å². The number of rotatable bonds is 5. The molecule has 0 fully saturated rings. The minimum Gasteiger partial charge on any atom is -0.494 e. The van der Waals surface area contributed by atoms with E-state index < -0.39 is 0 Å². The van der Waals surface area contributed by atoms with E-state index in [1.807, 2.05) is 78.6 Å². The molecule has 130 valence electrons. The van der Waals surface area contributed by atoms with E-state index in [0.717, 1.165) is 28.3 Å². The number of para-hydroxylation sites is 2. The fourth-order valence-corrected chi connectivity index (χ4v) is 3.60. The van der Waals surface area contributed by atoms with Gasteiger partial charge >= 0.3 is 0 Å². The van der Waals surface area contributed by atoms with Crippen molar-refractivity contribution in [2.24, 2.45) is 0 Å². The summed E-state index contributed by atoms with van der Waals surface area (Å²) in [6.45, 7) is 2.61. The van der Waals surface area contributed by atoms with Gasteiger partial charge in [0.05, 0.1) is 18.2 Å². The van der Waals surface area contributed by atoms with E-state index in [1.165, 1.54) is 0 Å². The highest BCUT2D eigenvalue weighted by Crippen LogP contribution is 2.43. The molecule has 0 saturated carbocycles. The van der Waals surface area contributed by atoms with Crippen LogP contribution in [-0.4, -0.2) is 12.5 Å². The molecule has 0 radical (unpaired) electrons. The van der Waals surface area contributed by atoms with E-state index >= 15 is 0 Å². The molecular formula is C23H21NO2. The van der Waals surface area contributed by atoms with Crippen molar-refractivity contribution in [1.82, 2.24) is 0 Å². The molecule has 0 N–H and O–H groups in total. The van der Waals surface area contributed by atoms with Gasteiger partial charge in [-0.05, 0) is 54.8 Å². The predicted molar refractivity (Wildman–Crippen MR) is 104 cm³/mol. The molecule has 3 heteroatoms. The summed E-state index contributed by atoms with van der Waals surface area (Å²) in [5, 5.41) is 0. The lowest BCUT2D eigenvalue weighted by Gasteiger charge is -2.18. The van der Waals surface area contributed by atoms with Crippen molar-refractivity contribution in [3.05, 3.63) is 90.0 Å². The third kappa shape index (κ3) is 2.97. The Balaban J connectivity index is 1.69. The summed E-state index contributed by atoms with van der Waals surface area (Å²) in [6.07, 6.45) is 0.667. The molecule has 0 aliphatic carbocycles. The van der Waals surface area contributed by atoms with Crippen LogP contribution in [0.2, 0.25) is 0 Å². The summed E-state index contributed by atoms with van der Waals surface area (Å²) in [5.74, 6) is 0.797. The van der Waals surface area contributed by atoms with Gasteiger partial charge in [0.25, 0.3) is 0 Å². The van der Waals surface area contributed by atoms with Gasteiger partial charge in [-0.1, -0.05) is 48.5 Å². The number of nitrogens with zero attached hydrogens (tertiary/aromatic N) is 1. The zero-order valence-corrected chi connectivity index (χ0v) is 14.8. The Kier molecular flexibility index (Phi) is 4.44. The molecular weight excluding hydrogens is 322 g/mol. The number of carbonyl (C=O) groups excluding carboxylic acids is 1. The first-order valence-electron chi connectivity index (χ1n) is 8.97. The van der Waals surface area contributed by atoms with Gasteiger partial charge < -0.3 is 4.74 Å². The van der Waals surface area contributed by atoms with E-state index in [1.54, 1.807) is 0 Å². The van der Waals surface area contributed by atoms with Gasteiger partial charge in [0.1, 0.15) is 5.75 Å². The first-order valence-corrected chi connectivity index (χ1v) is 8.97. The Labute approximate surface area is 153 Å². The van der Waals surface area contributed by atoms with Crippen molar-refractivity contribution in [3.63, 3.8) is 0 Å². The minimum atomic E-state index is -0.178. The number of amides is 1. The SMILES string of the molecule is CCOc1cccc(C[C@@H]2C(=O)N(c3ccccc3)c3ccccc32)c1. The van der Waals surface area contributed by atoms with Crippen LogP contribution in [0.25, 0.3) is 0 Å². The highest BCUT2D eigenvalue weighted by atomic mass is 16.5. The highest BCUT2D eigenvalue weighted by molar-refractivity contribution is 6.10. The van der Waals surface area contributed by atoms with Crippen LogP contribution in [0.5, 0.6) is 5.75 Å². The largest absolute Gasteiger partial charge is 0.494 e. The predicted octanol–water partition coefficient (Wildman–Crippen LogP) is 5.09. The third-order valence-corrected chi connectivity index (χ3v) is 4.74. The van der Waals surface area contributed by atoms with Crippen molar-refractivity contribution in [2.45, 2.75) is 19.3 Å². The second kappa shape index (κ2) is 7.04. The zero-order chi connectivity index (χ0) is 17.9. The molecule has 1 atom stereocenters. The van der Waals surface area contributed by atoms with Gasteiger partial charge in [-0.2, -0.15) is 0 Å². The molecule has 1 aliphatic heterocycles. The van der Waals surface area contributed by atoms with E-state index in [2.05, 4.69) is 12.1 Å². The zero-order valence-electron chi connectivity index (χ0n) is 14.8. The van der Waals surface area contributed by atoms with Crippen LogP contribution in [-0.2, 0) is 11.2 Å². The van der Waals surface area contributed by atoms with Gasteiger partial charge in [-0.25, -0.2) is 0 Å². The summed E-state index contributed by atoms with van der Waals surface area (Å²) in [6, 6.07) is 26.0. The maximum absolute atomic E-state index is 13.3. The Bertz CT molecular complexity index is 920. The molecule has 3 aromatic carbocycles. The summed E-state index contributed by atoms with van der Waals surface area (Å²) in [5.41, 5.74) is 4.09. The molecule has 0 spiro atoms. The Hall–Kier alpha value is -3.07. The molecule has 1 amide bonds. The van der Waals surface area contributed by atoms with E-state index in [-0.39, 0.29) is 11.8 Å². The fraction of sp³-hybridized carbons (Fsp3) is 0.174. The van der Waals surface area contributed by atoms with Gasteiger partial charge in [-0.15, -0.1) is 0 Å². The second-order valence-electron chi connectivity index (χ2n) is 6.41. The van der Waals surface area contributed by atoms with E-state index in [9.17, 15) is 4.79 Å². The van der Waals surface area contributed by atoms with Gasteiger partial charge in [0.15, 0.2) is 0 Å². The quantitative estimate of drug-likeness (QED) is 0.646. The lowest BCUT2D eigenvalue weighted by atomic mass is 9.93. The summed E-state index contributed by atoms with van der Waals surface area (Å²) in [4.78, 5) is 15.1. The molecule has 0 aromatic heterocycles. The maximum Gasteiger partial charge on any atom is 0.239 e. The molecule has 0 bridgehead atoms. The van der Waals surface area contributed by atoms with Crippen molar-refractivity contribution in [1.29, 1.82) is 0 Å². The number of carbonyl (C=O) groups is 1. The summed E-state index contributed by atoms with van der Waals surface area (Å²) >= 11 is 0. The second-order valence-corrected chi connectivity index (χ2v) is 6.41. The number of ether oxygens (including phenoxy) is 1. The molecule has 4 rings (SSSR count). The Morgan fingerprint density at radius 1 is 0.923 bits per heavy atom. The van der Waals surface area contributed by atoms with E-state index in [4.69, 9.17) is 4.74 Å². The third-order valence-electron chi connectivity index (χ3n) is 4.74. The van der Waals surface area contributed by atoms with Gasteiger partial charge in [-0.3, -0.25) is 9.69 Å². The maximum atomic E-state index is 13.3. The fourth-order valence-electron chi connectivity index (χ4n) is 3.60. The number of benzene rings is 3. The van der Waals surface area contributed by atoms with Gasteiger partial charge in [0, 0.05) is 5.69 Å². The van der Waals surface area contributed by atoms with Crippen LogP contribution in [0.1, 0.15) is 24.0 Å². The number of fused-ring (bicyclic) bond motifs is 1. The topological polar surface area (TPSA) is 29.5 Å². The smallest absolute Gasteiger partial charge is 0.239 e. The summed E-state index contributed by atoms with van der Waals surface area (Å²) < 4.78 is 5.60. The molecule has 3 aromatic rings. The van der Waals surface area contributed by atoms with Crippen LogP contribution in [0.3, 0.4) is 0 Å². The van der Waals surface area contributed by atoms with E-state index in [0.29, 0.717) is 13.0 Å². The van der Waals surface area contributed by atoms with Crippen molar-refractivity contribution < 1.29 is 9.53 Å². The van der Waals surface area contributed by atoms with Gasteiger partial charge in [0.2, 0.25) is 5.91 Å². The number of hydrogen-bond donors (Lipinski definition) is 0. The summed E-state index contributed by atoms with van der Waals surface area (Å²) in [7, 11) is 0. The average molecular weight is 343 g/mol. The van der Waals surface area contributed by atoms with Crippen molar-refractivity contribution >= 4 is 17.3 Å². The van der Waals surface area contributed by atoms with Crippen LogP contribution in [0.15, 0.2) is 78.9 Å².